The summed E-state index contributed by atoms with van der Waals surface area (Å²) in [5.74, 6) is 0.234. The van der Waals surface area contributed by atoms with Crippen molar-refractivity contribution in [3.8, 4) is 0 Å². The van der Waals surface area contributed by atoms with Crippen molar-refractivity contribution in [2.24, 2.45) is 17.4 Å². The van der Waals surface area contributed by atoms with Gasteiger partial charge in [0.2, 0.25) is 0 Å². The quantitative estimate of drug-likeness (QED) is 0.875. The van der Waals surface area contributed by atoms with E-state index >= 15 is 0 Å². The molecule has 0 radical (unpaired) electrons. The van der Waals surface area contributed by atoms with Gasteiger partial charge in [-0.2, -0.15) is 0 Å². The van der Waals surface area contributed by atoms with E-state index < -0.39 is 0 Å². The van der Waals surface area contributed by atoms with E-state index in [2.05, 4.69) is 50.2 Å². The van der Waals surface area contributed by atoms with Crippen LogP contribution < -0.4 is 11.5 Å². The Morgan fingerprint density at radius 3 is 2.10 bits per heavy atom. The molecule has 4 N–H and O–H groups in total. The lowest BCUT2D eigenvalue weighted by Gasteiger charge is -2.26. The topological polar surface area (TPSA) is 52.0 Å². The lowest BCUT2D eigenvalue weighted by molar-refractivity contribution is 0.382. The lowest BCUT2D eigenvalue weighted by atomic mass is 9.86. The molecule has 0 saturated carbocycles. The molecule has 3 unspecified atom stereocenters. The summed E-state index contributed by atoms with van der Waals surface area (Å²) in [5.41, 5.74) is 16.4. The Labute approximate surface area is 121 Å². The number of aryl methyl sites for hydroxylation is 1. The number of hydrogen-bond acceptors (Lipinski definition) is 2. The van der Waals surface area contributed by atoms with Crippen molar-refractivity contribution in [1.82, 2.24) is 0 Å². The van der Waals surface area contributed by atoms with Gasteiger partial charge < -0.3 is 11.5 Å². The molecule has 2 aromatic rings. The van der Waals surface area contributed by atoms with E-state index in [1.165, 1.54) is 11.1 Å². The Morgan fingerprint density at radius 2 is 1.50 bits per heavy atom. The van der Waals surface area contributed by atoms with E-state index in [-0.39, 0.29) is 18.0 Å². The van der Waals surface area contributed by atoms with Crippen molar-refractivity contribution in [1.29, 1.82) is 0 Å². The minimum atomic E-state index is -0.0192. The second-order valence-electron chi connectivity index (χ2n) is 5.65. The molecule has 3 atom stereocenters. The maximum absolute atomic E-state index is 6.36. The molecule has 0 saturated heterocycles. The summed E-state index contributed by atoms with van der Waals surface area (Å²) in [6.45, 7) is 4.22. The third kappa shape index (κ3) is 3.69. The third-order valence-electron chi connectivity index (χ3n) is 4.02. The largest absolute Gasteiger partial charge is 0.327 e. The number of nitrogens with two attached hydrogens (primary N) is 2. The fourth-order valence-corrected chi connectivity index (χ4v) is 2.43. The van der Waals surface area contributed by atoms with Crippen molar-refractivity contribution < 1.29 is 0 Å². The second-order valence-corrected chi connectivity index (χ2v) is 5.65. The summed E-state index contributed by atoms with van der Waals surface area (Å²) in [4.78, 5) is 0. The highest BCUT2D eigenvalue weighted by molar-refractivity contribution is 5.25. The van der Waals surface area contributed by atoms with Crippen molar-refractivity contribution in [2.75, 3.05) is 0 Å². The van der Waals surface area contributed by atoms with E-state index in [0.29, 0.717) is 0 Å². The predicted octanol–water partition coefficient (Wildman–Crippen LogP) is 3.20. The number of benzene rings is 2. The van der Waals surface area contributed by atoms with Gasteiger partial charge in [0.15, 0.2) is 0 Å². The van der Waals surface area contributed by atoms with Crippen LogP contribution in [0.25, 0.3) is 0 Å². The maximum atomic E-state index is 6.36. The molecule has 106 valence electrons. The van der Waals surface area contributed by atoms with Crippen LogP contribution in [0.5, 0.6) is 0 Å². The zero-order valence-electron chi connectivity index (χ0n) is 12.3. The van der Waals surface area contributed by atoms with Gasteiger partial charge in [-0.05, 0) is 30.4 Å². The van der Waals surface area contributed by atoms with Crippen LogP contribution in [0.1, 0.15) is 29.7 Å². The van der Waals surface area contributed by atoms with Gasteiger partial charge >= 0.3 is 0 Å². The molecule has 0 bridgehead atoms. The molecule has 20 heavy (non-hydrogen) atoms. The van der Waals surface area contributed by atoms with Gasteiger partial charge in [0.25, 0.3) is 0 Å². The first kappa shape index (κ1) is 14.8. The second kappa shape index (κ2) is 6.69. The molecule has 0 fully saturated rings. The SMILES string of the molecule is Cc1ccc(C(N)C(C)C(N)Cc2ccccc2)cc1. The summed E-state index contributed by atoms with van der Waals surface area (Å²) in [7, 11) is 0. The van der Waals surface area contributed by atoms with Crippen LogP contribution in [0.2, 0.25) is 0 Å². The first-order valence-corrected chi connectivity index (χ1v) is 7.19. The first-order valence-electron chi connectivity index (χ1n) is 7.19. The van der Waals surface area contributed by atoms with Crippen LogP contribution >= 0.6 is 0 Å². The molecule has 0 aliphatic carbocycles. The predicted molar refractivity (Wildman–Crippen MR) is 85.4 cm³/mol. The fourth-order valence-electron chi connectivity index (χ4n) is 2.43. The van der Waals surface area contributed by atoms with Crippen LogP contribution in [0, 0.1) is 12.8 Å². The molecule has 2 nitrogen and oxygen atoms in total. The summed E-state index contributed by atoms with van der Waals surface area (Å²) >= 11 is 0. The molecular weight excluding hydrogens is 244 g/mol. The Balaban J connectivity index is 2.02. The zero-order valence-corrected chi connectivity index (χ0v) is 12.3. The molecule has 0 aliphatic rings. The highest BCUT2D eigenvalue weighted by Crippen LogP contribution is 2.23. The van der Waals surface area contributed by atoms with E-state index in [0.717, 1.165) is 12.0 Å². The van der Waals surface area contributed by atoms with Gasteiger partial charge in [-0.15, -0.1) is 0 Å². The van der Waals surface area contributed by atoms with Crippen molar-refractivity contribution in [3.05, 3.63) is 71.3 Å². The van der Waals surface area contributed by atoms with Gasteiger partial charge in [0.1, 0.15) is 0 Å². The molecule has 0 aliphatic heterocycles. The average molecular weight is 268 g/mol. The Bertz CT molecular complexity index is 519. The molecule has 0 heterocycles. The van der Waals surface area contributed by atoms with Gasteiger partial charge in [-0.3, -0.25) is 0 Å². The smallest absolute Gasteiger partial charge is 0.0335 e. The fraction of sp³-hybridized carbons (Fsp3) is 0.333. The molecule has 0 amide bonds. The number of hydrogen-bond donors (Lipinski definition) is 2. The summed E-state index contributed by atoms with van der Waals surface area (Å²) < 4.78 is 0. The summed E-state index contributed by atoms with van der Waals surface area (Å²) in [6.07, 6.45) is 0.863. The lowest BCUT2D eigenvalue weighted by Crippen LogP contribution is -2.37. The van der Waals surface area contributed by atoms with Crippen molar-refractivity contribution in [3.63, 3.8) is 0 Å². The van der Waals surface area contributed by atoms with Gasteiger partial charge in [-0.25, -0.2) is 0 Å². The highest BCUT2D eigenvalue weighted by Gasteiger charge is 2.21. The monoisotopic (exact) mass is 268 g/mol. The highest BCUT2D eigenvalue weighted by atomic mass is 14.7. The zero-order chi connectivity index (χ0) is 14.5. The molecule has 2 heteroatoms. The number of rotatable bonds is 5. The Morgan fingerprint density at radius 1 is 0.900 bits per heavy atom. The van der Waals surface area contributed by atoms with E-state index in [9.17, 15) is 0 Å². The molecule has 2 aromatic carbocycles. The van der Waals surface area contributed by atoms with E-state index in [1.807, 2.05) is 18.2 Å². The minimum absolute atomic E-state index is 0.0192. The van der Waals surface area contributed by atoms with E-state index in [4.69, 9.17) is 11.5 Å². The first-order chi connectivity index (χ1) is 9.58. The summed E-state index contributed by atoms with van der Waals surface area (Å²) in [5, 5.41) is 0. The molecule has 0 spiro atoms. The molecular formula is C18H24N2. The Kier molecular flexibility index (Phi) is 4.94. The van der Waals surface area contributed by atoms with Crippen molar-refractivity contribution >= 4 is 0 Å². The van der Waals surface area contributed by atoms with Crippen LogP contribution in [0.3, 0.4) is 0 Å². The standard InChI is InChI=1S/C18H24N2/c1-13-8-10-16(11-9-13)18(20)14(2)17(19)12-15-6-4-3-5-7-15/h3-11,14,17-18H,12,19-20H2,1-2H3. The average Bonchev–Trinajstić information content (AvgIpc) is 2.47. The molecule has 2 rings (SSSR count). The summed E-state index contributed by atoms with van der Waals surface area (Å²) in [6, 6.07) is 18.8. The van der Waals surface area contributed by atoms with Crippen LogP contribution in [0.15, 0.2) is 54.6 Å². The van der Waals surface area contributed by atoms with E-state index in [1.54, 1.807) is 0 Å². The van der Waals surface area contributed by atoms with Crippen LogP contribution in [-0.2, 0) is 6.42 Å². The van der Waals surface area contributed by atoms with Crippen LogP contribution in [-0.4, -0.2) is 6.04 Å². The van der Waals surface area contributed by atoms with Gasteiger partial charge in [0, 0.05) is 12.1 Å². The van der Waals surface area contributed by atoms with Crippen LogP contribution in [0.4, 0.5) is 0 Å². The van der Waals surface area contributed by atoms with Crippen molar-refractivity contribution in [2.45, 2.75) is 32.4 Å². The third-order valence-corrected chi connectivity index (χ3v) is 4.02. The van der Waals surface area contributed by atoms with Gasteiger partial charge in [-0.1, -0.05) is 67.1 Å². The minimum Gasteiger partial charge on any atom is -0.327 e. The maximum Gasteiger partial charge on any atom is 0.0335 e. The normalized spacial score (nSPS) is 15.6. The Hall–Kier alpha value is -1.64. The van der Waals surface area contributed by atoms with Gasteiger partial charge in [0.05, 0.1) is 0 Å². The molecule has 0 aromatic heterocycles.